The summed E-state index contributed by atoms with van der Waals surface area (Å²) in [7, 11) is 0. The first-order chi connectivity index (χ1) is 13.2. The maximum Gasteiger partial charge on any atom is 0.0494 e. The van der Waals surface area contributed by atoms with Gasteiger partial charge in [0.2, 0.25) is 0 Å². The molecule has 0 amide bonds. The van der Waals surface area contributed by atoms with E-state index in [4.69, 9.17) is 0 Å². The van der Waals surface area contributed by atoms with Gasteiger partial charge in [0, 0.05) is 34.8 Å². The molecule has 0 aliphatic heterocycles. The van der Waals surface area contributed by atoms with Gasteiger partial charge in [-0.3, -0.25) is 0 Å². The van der Waals surface area contributed by atoms with Gasteiger partial charge in [0.1, 0.15) is 0 Å². The van der Waals surface area contributed by atoms with Crippen LogP contribution < -0.4 is 0 Å². The molecule has 28 heavy (non-hydrogen) atoms. The SMILES string of the molecule is CC(C)(C)c1cc2ccccn2c1/C=C/c1c(C(C)(C)C)cc2ccccn12. The minimum atomic E-state index is 0.0831. The fourth-order valence-corrected chi connectivity index (χ4v) is 3.99. The highest BCUT2D eigenvalue weighted by atomic mass is 14.9. The highest BCUT2D eigenvalue weighted by molar-refractivity contribution is 5.76. The van der Waals surface area contributed by atoms with Gasteiger partial charge in [-0.2, -0.15) is 0 Å². The Balaban J connectivity index is 1.94. The molecule has 144 valence electrons. The third-order valence-corrected chi connectivity index (χ3v) is 5.45. The van der Waals surface area contributed by atoms with Crippen molar-refractivity contribution in [2.24, 2.45) is 0 Å². The molecule has 0 bridgehead atoms. The van der Waals surface area contributed by atoms with Crippen LogP contribution in [0.5, 0.6) is 0 Å². The molecule has 0 fully saturated rings. The van der Waals surface area contributed by atoms with Crippen LogP contribution in [0.1, 0.15) is 64.1 Å². The van der Waals surface area contributed by atoms with Crippen LogP contribution in [0.25, 0.3) is 23.2 Å². The van der Waals surface area contributed by atoms with E-state index >= 15 is 0 Å². The number of aromatic nitrogens is 2. The minimum absolute atomic E-state index is 0.0831. The van der Waals surface area contributed by atoms with Gasteiger partial charge in [0.05, 0.1) is 0 Å². The zero-order valence-corrected chi connectivity index (χ0v) is 17.8. The number of hydrogen-bond donors (Lipinski definition) is 0. The zero-order valence-electron chi connectivity index (χ0n) is 17.8. The maximum absolute atomic E-state index is 2.32. The molecular weight excluding hydrogens is 340 g/mol. The van der Waals surface area contributed by atoms with Crippen molar-refractivity contribution < 1.29 is 0 Å². The quantitative estimate of drug-likeness (QED) is 0.361. The van der Waals surface area contributed by atoms with Crippen LogP contribution in [0.4, 0.5) is 0 Å². The standard InChI is InChI=1S/C26H30N2/c1-25(2,3)21-17-19-11-7-9-15-27(19)23(21)13-14-24-22(26(4,5)6)18-20-12-8-10-16-28(20)24/h7-18H,1-6H3/b14-13+. The number of nitrogens with zero attached hydrogens (tertiary/aromatic N) is 2. The molecule has 0 aromatic carbocycles. The van der Waals surface area contributed by atoms with Crippen LogP contribution in [0, 0.1) is 0 Å². The molecule has 4 aromatic rings. The number of pyridine rings is 2. The van der Waals surface area contributed by atoms with Gasteiger partial charge in [-0.1, -0.05) is 53.7 Å². The molecule has 0 spiro atoms. The van der Waals surface area contributed by atoms with Crippen LogP contribution in [-0.2, 0) is 10.8 Å². The Morgan fingerprint density at radius 1 is 0.607 bits per heavy atom. The topological polar surface area (TPSA) is 8.82 Å². The zero-order chi connectivity index (χ0) is 20.1. The molecule has 0 aliphatic carbocycles. The monoisotopic (exact) mass is 370 g/mol. The van der Waals surface area contributed by atoms with Gasteiger partial charge in [-0.15, -0.1) is 0 Å². The molecular formula is C26H30N2. The van der Waals surface area contributed by atoms with Crippen LogP contribution in [0.2, 0.25) is 0 Å². The van der Waals surface area contributed by atoms with E-state index in [1.807, 2.05) is 0 Å². The highest BCUT2D eigenvalue weighted by Gasteiger charge is 2.22. The van der Waals surface area contributed by atoms with Gasteiger partial charge in [0.25, 0.3) is 0 Å². The average molecular weight is 371 g/mol. The fourth-order valence-electron chi connectivity index (χ4n) is 3.99. The molecule has 0 unspecified atom stereocenters. The molecule has 0 saturated carbocycles. The molecule has 0 saturated heterocycles. The van der Waals surface area contributed by atoms with E-state index in [1.54, 1.807) is 0 Å². The Morgan fingerprint density at radius 3 is 1.36 bits per heavy atom. The first-order valence-corrected chi connectivity index (χ1v) is 10.1. The predicted octanol–water partition coefficient (Wildman–Crippen LogP) is 6.96. The van der Waals surface area contributed by atoms with Crippen molar-refractivity contribution in [3.63, 3.8) is 0 Å². The smallest absolute Gasteiger partial charge is 0.0494 e. The van der Waals surface area contributed by atoms with Gasteiger partial charge in [-0.05, 0) is 70.5 Å². The van der Waals surface area contributed by atoms with E-state index < -0.39 is 0 Å². The van der Waals surface area contributed by atoms with E-state index in [0.29, 0.717) is 0 Å². The van der Waals surface area contributed by atoms with Crippen molar-refractivity contribution in [2.45, 2.75) is 52.4 Å². The molecule has 0 N–H and O–H groups in total. The Hall–Kier alpha value is -2.74. The van der Waals surface area contributed by atoms with Crippen LogP contribution in [0.15, 0.2) is 60.9 Å². The van der Waals surface area contributed by atoms with E-state index in [0.717, 1.165) is 0 Å². The minimum Gasteiger partial charge on any atom is -0.317 e. The molecule has 0 aliphatic rings. The van der Waals surface area contributed by atoms with E-state index in [2.05, 4.69) is 123 Å². The Morgan fingerprint density at radius 2 is 1.00 bits per heavy atom. The molecule has 4 rings (SSSR count). The lowest BCUT2D eigenvalue weighted by Gasteiger charge is -2.20. The van der Waals surface area contributed by atoms with Crippen molar-refractivity contribution in [2.75, 3.05) is 0 Å². The summed E-state index contributed by atoms with van der Waals surface area (Å²) < 4.78 is 4.59. The third kappa shape index (κ3) is 3.17. The first kappa shape index (κ1) is 18.6. The van der Waals surface area contributed by atoms with Crippen molar-refractivity contribution in [1.82, 2.24) is 8.80 Å². The van der Waals surface area contributed by atoms with Crippen LogP contribution >= 0.6 is 0 Å². The number of rotatable bonds is 2. The summed E-state index contributed by atoms with van der Waals surface area (Å²) in [6.07, 6.45) is 8.89. The molecule has 4 heterocycles. The summed E-state index contributed by atoms with van der Waals surface area (Å²) in [5, 5.41) is 0. The normalized spacial score (nSPS) is 13.2. The summed E-state index contributed by atoms with van der Waals surface area (Å²) in [5.74, 6) is 0. The summed E-state index contributed by atoms with van der Waals surface area (Å²) in [4.78, 5) is 0. The number of hydrogen-bond acceptors (Lipinski definition) is 0. The summed E-state index contributed by atoms with van der Waals surface area (Å²) in [5.41, 5.74) is 7.90. The molecule has 0 atom stereocenters. The van der Waals surface area contributed by atoms with Crippen molar-refractivity contribution >= 4 is 23.2 Å². The Bertz CT molecular complexity index is 1080. The van der Waals surface area contributed by atoms with Gasteiger partial charge >= 0.3 is 0 Å². The molecule has 0 radical (unpaired) electrons. The van der Waals surface area contributed by atoms with Crippen molar-refractivity contribution in [3.8, 4) is 0 Å². The largest absolute Gasteiger partial charge is 0.317 e. The van der Waals surface area contributed by atoms with E-state index in [1.165, 1.54) is 33.5 Å². The lowest BCUT2D eigenvalue weighted by Crippen LogP contribution is -2.12. The average Bonchev–Trinajstić information content (AvgIpc) is 3.18. The second kappa shape index (κ2) is 6.41. The van der Waals surface area contributed by atoms with Crippen LogP contribution in [-0.4, -0.2) is 8.80 Å². The molecule has 4 aromatic heterocycles. The maximum atomic E-state index is 2.32. The Kier molecular flexibility index (Phi) is 4.26. The molecule has 2 heteroatoms. The Labute approximate surface area is 168 Å². The number of fused-ring (bicyclic) bond motifs is 2. The summed E-state index contributed by atoms with van der Waals surface area (Å²) in [6.45, 7) is 13.7. The van der Waals surface area contributed by atoms with E-state index in [9.17, 15) is 0 Å². The van der Waals surface area contributed by atoms with Crippen molar-refractivity contribution in [1.29, 1.82) is 0 Å². The fraction of sp³-hybridized carbons (Fsp3) is 0.308. The predicted molar refractivity (Wildman–Crippen MR) is 121 cm³/mol. The summed E-state index contributed by atoms with van der Waals surface area (Å²) in [6, 6.07) is 17.4. The lowest BCUT2D eigenvalue weighted by atomic mass is 9.85. The molecule has 2 nitrogen and oxygen atoms in total. The van der Waals surface area contributed by atoms with Gasteiger partial charge in [0.15, 0.2) is 0 Å². The third-order valence-electron chi connectivity index (χ3n) is 5.45. The van der Waals surface area contributed by atoms with E-state index in [-0.39, 0.29) is 10.8 Å². The van der Waals surface area contributed by atoms with Gasteiger partial charge in [-0.25, -0.2) is 0 Å². The van der Waals surface area contributed by atoms with Crippen molar-refractivity contribution in [3.05, 3.63) is 83.4 Å². The summed E-state index contributed by atoms with van der Waals surface area (Å²) >= 11 is 0. The second-order valence-electron chi connectivity index (χ2n) is 9.71. The van der Waals surface area contributed by atoms with Gasteiger partial charge < -0.3 is 8.80 Å². The first-order valence-electron chi connectivity index (χ1n) is 10.1. The lowest BCUT2D eigenvalue weighted by molar-refractivity contribution is 0.588. The highest BCUT2D eigenvalue weighted by Crippen LogP contribution is 2.33. The van der Waals surface area contributed by atoms with Crippen LogP contribution in [0.3, 0.4) is 0 Å². The second-order valence-corrected chi connectivity index (χ2v) is 9.71.